The Labute approximate surface area is 121 Å². The van der Waals surface area contributed by atoms with Crippen LogP contribution in [0.4, 0.5) is 0 Å². The fourth-order valence-electron chi connectivity index (χ4n) is 3.05. The lowest BCUT2D eigenvalue weighted by Gasteiger charge is -2.36. The van der Waals surface area contributed by atoms with E-state index in [2.05, 4.69) is 35.5 Å². The van der Waals surface area contributed by atoms with Crippen molar-refractivity contribution in [2.75, 3.05) is 33.8 Å². The molecule has 2 aliphatic rings. The van der Waals surface area contributed by atoms with Crippen LogP contribution in [0, 0.1) is 0 Å². The lowest BCUT2D eigenvalue weighted by molar-refractivity contribution is 0.0369. The topological polar surface area (TPSA) is 33.7 Å². The second-order valence-electron chi connectivity index (χ2n) is 5.94. The van der Waals surface area contributed by atoms with E-state index >= 15 is 0 Å². The Kier molecular flexibility index (Phi) is 4.13. The third-order valence-corrected chi connectivity index (χ3v) is 4.20. The van der Waals surface area contributed by atoms with Crippen LogP contribution in [0.5, 0.6) is 11.5 Å². The van der Waals surface area contributed by atoms with Gasteiger partial charge in [-0.25, -0.2) is 0 Å². The third-order valence-electron chi connectivity index (χ3n) is 4.20. The Morgan fingerprint density at radius 1 is 1.30 bits per heavy atom. The Bertz CT molecular complexity index is 452. The van der Waals surface area contributed by atoms with Gasteiger partial charge >= 0.3 is 0 Å². The van der Waals surface area contributed by atoms with Gasteiger partial charge in [-0.15, -0.1) is 0 Å². The highest BCUT2D eigenvalue weighted by molar-refractivity contribution is 5.43. The maximum Gasteiger partial charge on any atom is 0.161 e. The first-order chi connectivity index (χ1) is 9.74. The van der Waals surface area contributed by atoms with Crippen molar-refractivity contribution in [2.24, 2.45) is 0 Å². The highest BCUT2D eigenvalue weighted by Crippen LogP contribution is 2.31. The van der Waals surface area contributed by atoms with Crippen LogP contribution in [0.15, 0.2) is 18.2 Å². The summed E-state index contributed by atoms with van der Waals surface area (Å²) in [5.74, 6) is 1.73. The van der Waals surface area contributed by atoms with E-state index in [-0.39, 0.29) is 0 Å². The molecule has 2 heterocycles. The number of likely N-dealkylation sites (tertiary alicyclic amines) is 1. The van der Waals surface area contributed by atoms with Gasteiger partial charge in [-0.2, -0.15) is 0 Å². The van der Waals surface area contributed by atoms with E-state index in [1.54, 1.807) is 7.11 Å². The predicted molar refractivity (Wildman–Crippen MR) is 79.6 cm³/mol. The first kappa shape index (κ1) is 13.7. The molecule has 0 saturated carbocycles. The van der Waals surface area contributed by atoms with E-state index < -0.39 is 0 Å². The molecule has 110 valence electrons. The van der Waals surface area contributed by atoms with Crippen molar-refractivity contribution in [3.05, 3.63) is 23.8 Å². The van der Waals surface area contributed by atoms with Crippen LogP contribution in [0.3, 0.4) is 0 Å². The van der Waals surface area contributed by atoms with Crippen molar-refractivity contribution in [3.63, 3.8) is 0 Å². The van der Waals surface area contributed by atoms with Gasteiger partial charge in [-0.05, 0) is 50.6 Å². The average Bonchev–Trinajstić information content (AvgIpc) is 2.91. The summed E-state index contributed by atoms with van der Waals surface area (Å²) in [5.41, 5.74) is 1.32. The average molecular weight is 276 g/mol. The minimum Gasteiger partial charge on any atom is -0.493 e. The van der Waals surface area contributed by atoms with E-state index in [1.807, 2.05) is 0 Å². The van der Waals surface area contributed by atoms with Crippen molar-refractivity contribution >= 4 is 0 Å². The molecule has 20 heavy (non-hydrogen) atoms. The van der Waals surface area contributed by atoms with Gasteiger partial charge in [0.1, 0.15) is 6.10 Å². The number of methoxy groups -OCH3 is 1. The molecule has 1 unspecified atom stereocenters. The van der Waals surface area contributed by atoms with Gasteiger partial charge in [0, 0.05) is 19.1 Å². The fourth-order valence-corrected chi connectivity index (χ4v) is 3.05. The number of hydrogen-bond acceptors (Lipinski definition) is 4. The van der Waals surface area contributed by atoms with Crippen LogP contribution in [0.1, 0.15) is 18.4 Å². The van der Waals surface area contributed by atoms with Crippen LogP contribution < -0.4 is 14.8 Å². The van der Waals surface area contributed by atoms with Crippen LogP contribution >= 0.6 is 0 Å². The highest BCUT2D eigenvalue weighted by Gasteiger charge is 2.26. The summed E-state index contributed by atoms with van der Waals surface area (Å²) in [4.78, 5) is 2.25. The molecule has 1 aromatic rings. The molecule has 0 spiro atoms. The van der Waals surface area contributed by atoms with Gasteiger partial charge in [-0.3, -0.25) is 4.90 Å². The van der Waals surface area contributed by atoms with Gasteiger partial charge in [0.25, 0.3) is 0 Å². The molecular weight excluding hydrogens is 252 g/mol. The quantitative estimate of drug-likeness (QED) is 0.887. The van der Waals surface area contributed by atoms with E-state index in [0.29, 0.717) is 12.1 Å². The number of nitrogens with one attached hydrogen (secondary N) is 1. The Balaban J connectivity index is 1.65. The van der Waals surface area contributed by atoms with Crippen LogP contribution in [-0.4, -0.2) is 50.8 Å². The summed E-state index contributed by atoms with van der Waals surface area (Å²) >= 11 is 0. The number of ether oxygens (including phenoxy) is 2. The Morgan fingerprint density at radius 3 is 2.80 bits per heavy atom. The number of benzene rings is 1. The number of nitrogens with zero attached hydrogens (tertiary/aromatic N) is 1. The molecule has 2 fully saturated rings. The highest BCUT2D eigenvalue weighted by atomic mass is 16.5. The molecule has 4 nitrogen and oxygen atoms in total. The van der Waals surface area contributed by atoms with Crippen molar-refractivity contribution < 1.29 is 9.47 Å². The summed E-state index contributed by atoms with van der Waals surface area (Å²) in [7, 11) is 3.82. The molecule has 0 aromatic heterocycles. The summed E-state index contributed by atoms with van der Waals surface area (Å²) in [6.45, 7) is 3.14. The summed E-state index contributed by atoms with van der Waals surface area (Å²) in [6, 6.07) is 6.96. The first-order valence-corrected chi connectivity index (χ1v) is 7.50. The molecule has 0 aliphatic carbocycles. The summed E-state index contributed by atoms with van der Waals surface area (Å²) in [6.07, 6.45) is 3.94. The Morgan fingerprint density at radius 2 is 2.15 bits per heavy atom. The van der Waals surface area contributed by atoms with E-state index in [9.17, 15) is 0 Å². The largest absolute Gasteiger partial charge is 0.493 e. The number of rotatable bonds is 5. The monoisotopic (exact) mass is 276 g/mol. The van der Waals surface area contributed by atoms with E-state index in [4.69, 9.17) is 9.47 Å². The molecule has 1 N–H and O–H groups in total. The van der Waals surface area contributed by atoms with E-state index in [0.717, 1.165) is 37.6 Å². The Hall–Kier alpha value is -1.26. The second-order valence-corrected chi connectivity index (χ2v) is 5.94. The lowest BCUT2D eigenvalue weighted by Crippen LogP contribution is -2.51. The third kappa shape index (κ3) is 3.07. The zero-order valence-corrected chi connectivity index (χ0v) is 12.4. The minimum atomic E-state index is 0.302. The SMILES string of the molecule is COc1cc(CC2CCCN2)ccc1OC1CN(C)C1. The zero-order chi connectivity index (χ0) is 13.9. The molecule has 4 heteroatoms. The second kappa shape index (κ2) is 6.02. The molecule has 1 atom stereocenters. The smallest absolute Gasteiger partial charge is 0.161 e. The van der Waals surface area contributed by atoms with Crippen LogP contribution in [0.25, 0.3) is 0 Å². The van der Waals surface area contributed by atoms with Crippen LogP contribution in [-0.2, 0) is 6.42 Å². The number of likely N-dealkylation sites (N-methyl/N-ethyl adjacent to an activating group) is 1. The van der Waals surface area contributed by atoms with Crippen molar-refractivity contribution in [1.82, 2.24) is 10.2 Å². The van der Waals surface area contributed by atoms with E-state index in [1.165, 1.54) is 18.4 Å². The molecule has 2 aliphatic heterocycles. The molecule has 3 rings (SSSR count). The van der Waals surface area contributed by atoms with Gasteiger partial charge in [0.15, 0.2) is 11.5 Å². The minimum absolute atomic E-state index is 0.302. The maximum absolute atomic E-state index is 5.99. The summed E-state index contributed by atoms with van der Waals surface area (Å²) in [5, 5.41) is 3.53. The fraction of sp³-hybridized carbons (Fsp3) is 0.625. The molecular formula is C16H24N2O2. The van der Waals surface area contributed by atoms with Gasteiger partial charge in [0.05, 0.1) is 7.11 Å². The van der Waals surface area contributed by atoms with Gasteiger partial charge in [-0.1, -0.05) is 6.07 Å². The van der Waals surface area contributed by atoms with Gasteiger partial charge < -0.3 is 14.8 Å². The standard InChI is InChI=1S/C16H24N2O2/c1-18-10-14(11-18)20-15-6-5-12(9-16(15)19-2)8-13-4-3-7-17-13/h5-6,9,13-14,17H,3-4,7-8,10-11H2,1-2H3. The molecule has 1 aromatic carbocycles. The lowest BCUT2D eigenvalue weighted by atomic mass is 10.0. The molecule has 0 amide bonds. The zero-order valence-electron chi connectivity index (χ0n) is 12.4. The van der Waals surface area contributed by atoms with Crippen molar-refractivity contribution in [1.29, 1.82) is 0 Å². The molecule has 0 bridgehead atoms. The molecule has 0 radical (unpaired) electrons. The first-order valence-electron chi connectivity index (χ1n) is 7.50. The normalized spacial score (nSPS) is 23.6. The molecule has 2 saturated heterocycles. The number of hydrogen-bond donors (Lipinski definition) is 1. The van der Waals surface area contributed by atoms with Crippen molar-refractivity contribution in [3.8, 4) is 11.5 Å². The van der Waals surface area contributed by atoms with Crippen molar-refractivity contribution in [2.45, 2.75) is 31.4 Å². The van der Waals surface area contributed by atoms with Crippen LogP contribution in [0.2, 0.25) is 0 Å². The maximum atomic E-state index is 5.99. The predicted octanol–water partition coefficient (Wildman–Crippen LogP) is 1.68. The van der Waals surface area contributed by atoms with Gasteiger partial charge in [0.2, 0.25) is 0 Å². The summed E-state index contributed by atoms with van der Waals surface area (Å²) < 4.78 is 11.5.